The molecule has 2 aromatic heterocycles. The van der Waals surface area contributed by atoms with E-state index in [1.54, 1.807) is 37.4 Å². The number of hydrogen-bond acceptors (Lipinski definition) is 10. The van der Waals surface area contributed by atoms with Gasteiger partial charge < -0.3 is 15.2 Å². The molecule has 2 N–H and O–H groups in total. The lowest BCUT2D eigenvalue weighted by molar-refractivity contribution is -0.118. The van der Waals surface area contributed by atoms with Crippen molar-refractivity contribution in [1.29, 1.82) is 0 Å². The van der Waals surface area contributed by atoms with Crippen LogP contribution in [0.3, 0.4) is 0 Å². The minimum Gasteiger partial charge on any atom is -0.359 e. The third-order valence-corrected chi connectivity index (χ3v) is 14.7. The lowest BCUT2D eigenvalue weighted by Gasteiger charge is -2.30. The Hall–Kier alpha value is -2.81. The number of thiazole rings is 1. The number of nitrogens with zero attached hydrogens (tertiary/aromatic N) is 2. The summed E-state index contributed by atoms with van der Waals surface area (Å²) in [5, 5.41) is 11.1. The van der Waals surface area contributed by atoms with E-state index in [2.05, 4.69) is 20.8 Å². The number of halogens is 1. The van der Waals surface area contributed by atoms with Crippen LogP contribution in [0.2, 0.25) is 5.02 Å². The summed E-state index contributed by atoms with van der Waals surface area (Å²) in [6, 6.07) is 8.80. The molecule has 3 aromatic rings. The molecule has 2 heterocycles. The van der Waals surface area contributed by atoms with Gasteiger partial charge in [-0.3, -0.25) is 9.59 Å². The highest BCUT2D eigenvalue weighted by Gasteiger charge is 2.45. The van der Waals surface area contributed by atoms with Crippen LogP contribution in [0.25, 0.3) is 11.3 Å². The van der Waals surface area contributed by atoms with Gasteiger partial charge in [-0.25, -0.2) is 21.8 Å². The smallest absolute Gasteiger partial charge is 0.247 e. The molecule has 1 aliphatic rings. The normalized spacial score (nSPS) is 14.6. The molecule has 1 fully saturated rings. The van der Waals surface area contributed by atoms with Gasteiger partial charge in [0.15, 0.2) is 30.6 Å². The molecule has 1 aliphatic carbocycles. The van der Waals surface area contributed by atoms with E-state index < -0.39 is 46.2 Å². The molecule has 0 atom stereocenters. The Bertz CT molecular complexity index is 1780. The molecular weight excluding hydrogens is 684 g/mol. The fourth-order valence-electron chi connectivity index (χ4n) is 4.32. The highest BCUT2D eigenvalue weighted by molar-refractivity contribution is 7.94. The summed E-state index contributed by atoms with van der Waals surface area (Å²) >= 11 is 7.10. The number of amides is 2. The Morgan fingerprint density at radius 3 is 2.02 bits per heavy atom. The van der Waals surface area contributed by atoms with Crippen molar-refractivity contribution in [1.82, 2.24) is 10.1 Å². The van der Waals surface area contributed by atoms with Crippen molar-refractivity contribution in [2.45, 2.75) is 102 Å². The Balaban J connectivity index is 0.000000256. The van der Waals surface area contributed by atoms with Crippen LogP contribution in [-0.2, 0) is 34.7 Å². The third kappa shape index (κ3) is 9.01. The SMILES string of the molecule is CC(C)(C)c1cc(NC(=O)C(C)(C)S(=O)(=O)CC2CCC2)no1.CC(C)S(=O)(=O)C(C)(C)C(=O)Nc1nc(-c2ccc(Cl)cc2)cs1. The Kier molecular flexibility index (Phi) is 11.8. The van der Waals surface area contributed by atoms with E-state index in [9.17, 15) is 26.4 Å². The number of carbonyl (C=O) groups excluding carboxylic acids is 2. The number of benzene rings is 1. The average molecular weight is 729 g/mol. The van der Waals surface area contributed by atoms with E-state index in [4.69, 9.17) is 16.1 Å². The summed E-state index contributed by atoms with van der Waals surface area (Å²) in [5.41, 5.74) is 1.32. The maximum absolute atomic E-state index is 12.5. The molecule has 260 valence electrons. The number of sulfone groups is 2. The van der Waals surface area contributed by atoms with Gasteiger partial charge in [0.2, 0.25) is 11.8 Å². The molecule has 0 saturated heterocycles. The van der Waals surface area contributed by atoms with Gasteiger partial charge in [0.1, 0.15) is 15.3 Å². The number of carbonyl (C=O) groups is 2. The molecule has 0 spiro atoms. The van der Waals surface area contributed by atoms with Crippen molar-refractivity contribution < 1.29 is 30.9 Å². The number of aromatic nitrogens is 2. The highest BCUT2D eigenvalue weighted by atomic mass is 35.5. The summed E-state index contributed by atoms with van der Waals surface area (Å²) in [5.74, 6) is -0.0420. The lowest BCUT2D eigenvalue weighted by atomic mass is 9.87. The number of anilines is 2. The van der Waals surface area contributed by atoms with Crippen molar-refractivity contribution in [3.05, 3.63) is 46.5 Å². The second kappa shape index (κ2) is 14.4. The van der Waals surface area contributed by atoms with Crippen molar-refractivity contribution >= 4 is 65.4 Å². The second-order valence-corrected chi connectivity index (χ2v) is 20.9. The van der Waals surface area contributed by atoms with Crippen LogP contribution in [0, 0.1) is 5.92 Å². The maximum Gasteiger partial charge on any atom is 0.247 e. The fraction of sp³-hybridized carbons (Fsp3) is 0.562. The van der Waals surface area contributed by atoms with Gasteiger partial charge in [-0.2, -0.15) is 0 Å². The number of hydrogen-bond donors (Lipinski definition) is 2. The van der Waals surface area contributed by atoms with Crippen molar-refractivity contribution in [3.8, 4) is 11.3 Å². The van der Waals surface area contributed by atoms with E-state index >= 15 is 0 Å². The zero-order valence-corrected chi connectivity index (χ0v) is 31.5. The maximum atomic E-state index is 12.5. The Labute approximate surface area is 287 Å². The van der Waals surface area contributed by atoms with Crippen molar-refractivity contribution in [3.63, 3.8) is 0 Å². The molecule has 0 bridgehead atoms. The summed E-state index contributed by atoms with van der Waals surface area (Å²) < 4.78 is 52.0. The summed E-state index contributed by atoms with van der Waals surface area (Å²) in [6.45, 7) is 14.7. The van der Waals surface area contributed by atoms with Crippen LogP contribution in [-0.4, -0.2) is 59.3 Å². The van der Waals surface area contributed by atoms with Gasteiger partial charge in [-0.15, -0.1) is 11.3 Å². The molecule has 15 heteroatoms. The average Bonchev–Trinajstić information content (AvgIpc) is 3.61. The van der Waals surface area contributed by atoms with Crippen molar-refractivity contribution in [2.24, 2.45) is 5.92 Å². The van der Waals surface area contributed by atoms with E-state index in [1.807, 2.05) is 32.9 Å². The van der Waals surface area contributed by atoms with Gasteiger partial charge >= 0.3 is 0 Å². The summed E-state index contributed by atoms with van der Waals surface area (Å²) in [6.07, 6.45) is 2.92. The van der Waals surface area contributed by atoms with E-state index in [-0.39, 0.29) is 22.9 Å². The van der Waals surface area contributed by atoms with Gasteiger partial charge in [0, 0.05) is 27.4 Å². The molecule has 11 nitrogen and oxygen atoms in total. The molecule has 2 amide bonds. The fourth-order valence-corrected chi connectivity index (χ4v) is 8.36. The monoisotopic (exact) mass is 728 g/mol. The number of rotatable bonds is 10. The lowest BCUT2D eigenvalue weighted by Crippen LogP contribution is -2.47. The molecule has 4 rings (SSSR count). The third-order valence-electron chi connectivity index (χ3n) is 8.24. The minimum atomic E-state index is -3.60. The van der Waals surface area contributed by atoms with Crippen molar-refractivity contribution in [2.75, 3.05) is 16.4 Å². The summed E-state index contributed by atoms with van der Waals surface area (Å²) in [7, 11) is -7.13. The quantitative estimate of drug-likeness (QED) is 0.226. The van der Waals surface area contributed by atoms with E-state index in [1.165, 1.54) is 39.0 Å². The van der Waals surface area contributed by atoms with Gasteiger partial charge in [-0.05, 0) is 72.4 Å². The van der Waals surface area contributed by atoms with Crippen LogP contribution in [0.5, 0.6) is 0 Å². The first-order valence-electron chi connectivity index (χ1n) is 15.3. The van der Waals surface area contributed by atoms with Crippen LogP contribution in [0.4, 0.5) is 10.9 Å². The van der Waals surface area contributed by atoms with Gasteiger partial charge in [0.25, 0.3) is 0 Å². The van der Waals surface area contributed by atoms with Crippen LogP contribution < -0.4 is 10.6 Å². The number of nitrogens with one attached hydrogen (secondary N) is 2. The molecule has 1 saturated carbocycles. The highest BCUT2D eigenvalue weighted by Crippen LogP contribution is 2.32. The standard InChI is InChI=1S/C16H19ClN2O3S2.C16H26N2O4S/c1-10(2)24(21,22)16(3,4)14(20)19-15-18-13(9-23-15)11-5-7-12(17)8-6-11;1-15(2,3)12-9-13(18-22-12)17-14(19)16(4,5)23(20,21)10-11-7-6-8-11/h5-10H,1-4H3,(H,18,19,20);9,11H,6-8,10H2,1-5H3,(H,17,18,19). The largest absolute Gasteiger partial charge is 0.359 e. The molecule has 0 unspecified atom stereocenters. The summed E-state index contributed by atoms with van der Waals surface area (Å²) in [4.78, 5) is 29.2. The van der Waals surface area contributed by atoms with Crippen LogP contribution in [0.15, 0.2) is 40.2 Å². The minimum absolute atomic E-state index is 0.0689. The molecule has 0 aliphatic heterocycles. The predicted molar refractivity (Wildman–Crippen MR) is 188 cm³/mol. The first-order valence-corrected chi connectivity index (χ1v) is 19.7. The van der Waals surface area contributed by atoms with E-state index in [0.29, 0.717) is 21.6 Å². The Morgan fingerprint density at radius 1 is 0.957 bits per heavy atom. The van der Waals surface area contributed by atoms with Gasteiger partial charge in [-0.1, -0.05) is 56.1 Å². The zero-order valence-electron chi connectivity index (χ0n) is 28.3. The first-order chi connectivity index (χ1) is 21.5. The predicted octanol–water partition coefficient (Wildman–Crippen LogP) is 6.91. The molecule has 0 radical (unpaired) electrons. The topological polar surface area (TPSA) is 165 Å². The zero-order chi connectivity index (χ0) is 35.6. The van der Waals surface area contributed by atoms with E-state index in [0.717, 1.165) is 24.8 Å². The van der Waals surface area contributed by atoms with Gasteiger partial charge in [0.05, 0.1) is 16.7 Å². The molecule has 47 heavy (non-hydrogen) atoms. The Morgan fingerprint density at radius 2 is 1.53 bits per heavy atom. The molecule has 1 aromatic carbocycles. The second-order valence-electron chi connectivity index (χ2n) is 14.0. The first kappa shape index (κ1) is 38.6. The van der Waals surface area contributed by atoms with Crippen LogP contribution >= 0.6 is 22.9 Å². The molecular formula is C32H45ClN4O7S3. The van der Waals surface area contributed by atoms with Crippen LogP contribution in [0.1, 0.15) is 87.3 Å².